The molecule has 1 unspecified atom stereocenters. The van der Waals surface area contributed by atoms with Crippen LogP contribution in [-0.2, 0) is 27.5 Å². The van der Waals surface area contributed by atoms with Crippen LogP contribution in [0.25, 0.3) is 0 Å². The number of nitrogens with zero attached hydrogens (tertiary/aromatic N) is 1. The second-order valence-corrected chi connectivity index (χ2v) is 11.0. The summed E-state index contributed by atoms with van der Waals surface area (Å²) in [5.74, 6) is 1.24. The van der Waals surface area contributed by atoms with Crippen molar-refractivity contribution in [1.82, 2.24) is 4.90 Å². The van der Waals surface area contributed by atoms with E-state index in [1.807, 2.05) is 127 Å². The Morgan fingerprint density at radius 3 is 1.64 bits per heavy atom. The van der Waals surface area contributed by atoms with Crippen molar-refractivity contribution in [3.05, 3.63) is 167 Å². The second kappa shape index (κ2) is 12.8. The molecule has 4 atom stereocenters. The van der Waals surface area contributed by atoms with Crippen molar-refractivity contribution in [1.29, 1.82) is 0 Å². The number of cyclic esters (lactones) is 1. The number of morpholine rings is 1. The lowest BCUT2D eigenvalue weighted by Crippen LogP contribution is -2.49. The Kier molecular flexibility index (Phi) is 8.09. The summed E-state index contributed by atoms with van der Waals surface area (Å²) in [7, 11) is 0. The van der Waals surface area contributed by atoms with Gasteiger partial charge < -0.3 is 18.9 Å². The summed E-state index contributed by atoms with van der Waals surface area (Å²) in [6.07, 6.45) is -0.976. The molecule has 5 aromatic carbocycles. The third kappa shape index (κ3) is 5.95. The van der Waals surface area contributed by atoms with Gasteiger partial charge in [0.25, 0.3) is 0 Å². The zero-order valence-electron chi connectivity index (χ0n) is 24.2. The van der Waals surface area contributed by atoms with E-state index in [0.29, 0.717) is 13.2 Å². The lowest BCUT2D eigenvalue weighted by atomic mass is 9.96. The standard InChI is InChI=1S/C38H33NO5/c40-38-35-36(30-16-20-32(21-17-30)41-24-27-10-4-1-5-11-27)44-37(39(35)34(26-43-38)29-14-8-3-9-15-29)31-18-22-33(23-19-31)42-25-28-12-6-2-7-13-28/h1-23,34-37H,24-26H2/t34-,35?,36-,37+/m1/s1. The summed E-state index contributed by atoms with van der Waals surface area (Å²) in [4.78, 5) is 15.6. The van der Waals surface area contributed by atoms with Crippen molar-refractivity contribution >= 4 is 5.97 Å². The van der Waals surface area contributed by atoms with Crippen LogP contribution in [0.3, 0.4) is 0 Å². The molecule has 2 fully saturated rings. The van der Waals surface area contributed by atoms with Crippen LogP contribution in [0.5, 0.6) is 11.5 Å². The van der Waals surface area contributed by atoms with E-state index in [-0.39, 0.29) is 18.6 Å². The van der Waals surface area contributed by atoms with Gasteiger partial charge >= 0.3 is 5.97 Å². The van der Waals surface area contributed by atoms with E-state index < -0.39 is 18.4 Å². The number of rotatable bonds is 9. The average Bonchev–Trinajstić information content (AvgIpc) is 3.50. The fourth-order valence-electron chi connectivity index (χ4n) is 5.94. The normalized spacial score (nSPS) is 21.3. The van der Waals surface area contributed by atoms with Gasteiger partial charge in [-0.1, -0.05) is 115 Å². The topological polar surface area (TPSA) is 57.2 Å². The number of esters is 1. The molecule has 0 bridgehead atoms. The van der Waals surface area contributed by atoms with Gasteiger partial charge in [0.1, 0.15) is 49.7 Å². The molecule has 0 radical (unpaired) electrons. The molecule has 2 aliphatic heterocycles. The highest BCUT2D eigenvalue weighted by Crippen LogP contribution is 2.49. The van der Waals surface area contributed by atoms with Gasteiger partial charge in [-0.05, 0) is 52.1 Å². The molecule has 6 heteroatoms. The minimum absolute atomic E-state index is 0.156. The van der Waals surface area contributed by atoms with Crippen molar-refractivity contribution in [2.45, 2.75) is 37.6 Å². The number of benzene rings is 5. The van der Waals surface area contributed by atoms with Crippen molar-refractivity contribution in [3.8, 4) is 11.5 Å². The van der Waals surface area contributed by atoms with E-state index in [0.717, 1.165) is 39.3 Å². The Morgan fingerprint density at radius 2 is 1.09 bits per heavy atom. The molecule has 220 valence electrons. The van der Waals surface area contributed by atoms with Gasteiger partial charge in [-0.3, -0.25) is 4.79 Å². The third-order valence-corrected chi connectivity index (χ3v) is 8.19. The highest BCUT2D eigenvalue weighted by atomic mass is 16.6. The molecular formula is C38H33NO5. The van der Waals surface area contributed by atoms with Crippen LogP contribution in [-0.4, -0.2) is 23.5 Å². The van der Waals surface area contributed by atoms with Gasteiger partial charge in [0.05, 0.1) is 6.04 Å². The van der Waals surface area contributed by atoms with E-state index in [4.69, 9.17) is 18.9 Å². The smallest absolute Gasteiger partial charge is 0.326 e. The first kappa shape index (κ1) is 27.9. The van der Waals surface area contributed by atoms with E-state index >= 15 is 0 Å². The molecule has 0 aromatic heterocycles. The molecule has 5 aromatic rings. The van der Waals surface area contributed by atoms with Crippen LogP contribution in [0.2, 0.25) is 0 Å². The fraction of sp³-hybridized carbons (Fsp3) is 0.184. The number of hydrogen-bond acceptors (Lipinski definition) is 6. The fourth-order valence-corrected chi connectivity index (χ4v) is 5.94. The number of fused-ring (bicyclic) bond motifs is 1. The Balaban J connectivity index is 1.15. The molecule has 6 nitrogen and oxygen atoms in total. The molecule has 2 saturated heterocycles. The zero-order valence-corrected chi connectivity index (χ0v) is 24.2. The Bertz CT molecular complexity index is 1660. The molecular weight excluding hydrogens is 550 g/mol. The van der Waals surface area contributed by atoms with Crippen molar-refractivity contribution in [2.24, 2.45) is 0 Å². The number of hydrogen-bond donors (Lipinski definition) is 0. The van der Waals surface area contributed by atoms with Crippen LogP contribution in [0.15, 0.2) is 140 Å². The zero-order chi connectivity index (χ0) is 29.7. The van der Waals surface area contributed by atoms with Crippen molar-refractivity contribution in [2.75, 3.05) is 6.61 Å². The maximum Gasteiger partial charge on any atom is 0.326 e. The summed E-state index contributed by atoms with van der Waals surface area (Å²) in [5, 5.41) is 0. The Hall–Kier alpha value is -4.91. The maximum absolute atomic E-state index is 13.4. The average molecular weight is 584 g/mol. The molecule has 44 heavy (non-hydrogen) atoms. The summed E-state index contributed by atoms with van der Waals surface area (Å²) in [5.41, 5.74) is 5.12. The summed E-state index contributed by atoms with van der Waals surface area (Å²) in [6, 6.07) is 45.3. The van der Waals surface area contributed by atoms with Crippen LogP contribution >= 0.6 is 0 Å². The summed E-state index contributed by atoms with van der Waals surface area (Å²) in [6.45, 7) is 1.23. The van der Waals surface area contributed by atoms with Gasteiger partial charge in [0.2, 0.25) is 0 Å². The lowest BCUT2D eigenvalue weighted by molar-refractivity contribution is -0.163. The Morgan fingerprint density at radius 1 is 0.591 bits per heavy atom. The second-order valence-electron chi connectivity index (χ2n) is 11.0. The van der Waals surface area contributed by atoms with Gasteiger partial charge in [-0.25, -0.2) is 4.90 Å². The number of carbonyl (C=O) groups is 1. The molecule has 0 amide bonds. The molecule has 7 rings (SSSR count). The number of ether oxygens (including phenoxy) is 4. The predicted molar refractivity (Wildman–Crippen MR) is 167 cm³/mol. The van der Waals surface area contributed by atoms with Crippen molar-refractivity contribution < 1.29 is 23.7 Å². The van der Waals surface area contributed by atoms with E-state index in [1.165, 1.54) is 0 Å². The summed E-state index contributed by atoms with van der Waals surface area (Å²) < 4.78 is 24.6. The first-order valence-electron chi connectivity index (χ1n) is 14.9. The van der Waals surface area contributed by atoms with Crippen molar-refractivity contribution in [3.63, 3.8) is 0 Å². The van der Waals surface area contributed by atoms with Gasteiger partial charge in [0, 0.05) is 0 Å². The molecule has 0 N–H and O–H groups in total. The minimum Gasteiger partial charge on any atom is -0.489 e. The molecule has 0 aliphatic carbocycles. The quantitative estimate of drug-likeness (QED) is 0.167. The monoisotopic (exact) mass is 583 g/mol. The number of carbonyl (C=O) groups excluding carboxylic acids is 1. The first-order valence-corrected chi connectivity index (χ1v) is 14.9. The van der Waals surface area contributed by atoms with E-state index in [1.54, 1.807) is 0 Å². The van der Waals surface area contributed by atoms with E-state index in [2.05, 4.69) is 17.0 Å². The van der Waals surface area contributed by atoms with Gasteiger partial charge in [0.15, 0.2) is 0 Å². The molecule has 0 spiro atoms. The van der Waals surface area contributed by atoms with Gasteiger partial charge in [-0.15, -0.1) is 0 Å². The van der Waals surface area contributed by atoms with Crippen LogP contribution < -0.4 is 9.47 Å². The van der Waals surface area contributed by atoms with Crippen LogP contribution in [0, 0.1) is 0 Å². The van der Waals surface area contributed by atoms with E-state index in [9.17, 15) is 4.79 Å². The predicted octanol–water partition coefficient (Wildman–Crippen LogP) is 7.58. The van der Waals surface area contributed by atoms with Crippen LogP contribution in [0.4, 0.5) is 0 Å². The molecule has 2 aliphatic rings. The highest BCUT2D eigenvalue weighted by Gasteiger charge is 2.54. The molecule has 0 saturated carbocycles. The minimum atomic E-state index is -0.607. The highest BCUT2D eigenvalue weighted by molar-refractivity contribution is 5.78. The third-order valence-electron chi connectivity index (χ3n) is 8.19. The first-order chi connectivity index (χ1) is 21.7. The SMILES string of the molecule is O=C1OC[C@H](c2ccccc2)N2C1[C@@H](c1ccc(OCc3ccccc3)cc1)O[C@H]2c1ccc(OCc2ccccc2)cc1. The van der Waals surface area contributed by atoms with Crippen LogP contribution in [0.1, 0.15) is 46.2 Å². The maximum atomic E-state index is 13.4. The Labute approximate surface area is 257 Å². The summed E-state index contributed by atoms with van der Waals surface area (Å²) >= 11 is 0. The lowest BCUT2D eigenvalue weighted by Gasteiger charge is -2.39. The van der Waals surface area contributed by atoms with Gasteiger partial charge in [-0.2, -0.15) is 0 Å². The largest absolute Gasteiger partial charge is 0.489 e. The molecule has 2 heterocycles.